The number of carbonyl (C=O) groups is 4. The Labute approximate surface area is 199 Å². The number of halogens is 1. The van der Waals surface area contributed by atoms with Crippen LogP contribution in [0.15, 0.2) is 24.3 Å². The molecule has 0 heterocycles. The molecule has 9 nitrogen and oxygen atoms in total. The summed E-state index contributed by atoms with van der Waals surface area (Å²) in [6, 6.07) is 4.80. The summed E-state index contributed by atoms with van der Waals surface area (Å²) >= 11 is 5.95. The molecule has 3 N–H and O–H groups in total. The molecule has 1 aliphatic carbocycles. The van der Waals surface area contributed by atoms with Crippen molar-refractivity contribution >= 4 is 35.9 Å². The molecule has 33 heavy (non-hydrogen) atoms. The largest absolute Gasteiger partial charge is 0.445 e. The molecule has 182 valence electrons. The molecule has 0 aromatic heterocycles. The van der Waals surface area contributed by atoms with Crippen LogP contribution in [0.2, 0.25) is 5.02 Å². The van der Waals surface area contributed by atoms with Crippen LogP contribution in [-0.2, 0) is 20.9 Å². The third-order valence-corrected chi connectivity index (χ3v) is 5.77. The SMILES string of the molecule is CN(C)C(=O)NCC(C=O)NC(=O)[C@H](CC1CCCCC1)NC(=O)OCc1cccc(Cl)c1. The summed E-state index contributed by atoms with van der Waals surface area (Å²) in [4.78, 5) is 49.8. The van der Waals surface area contributed by atoms with Gasteiger partial charge >= 0.3 is 12.1 Å². The fraction of sp³-hybridized carbons (Fsp3) is 0.565. The minimum atomic E-state index is -0.917. The molecule has 0 bridgehead atoms. The second-order valence-corrected chi connectivity index (χ2v) is 8.91. The number of urea groups is 1. The van der Waals surface area contributed by atoms with Gasteiger partial charge in [-0.25, -0.2) is 9.59 Å². The number of hydrogen-bond acceptors (Lipinski definition) is 5. The average molecular weight is 481 g/mol. The molecule has 1 unspecified atom stereocenters. The summed E-state index contributed by atoms with van der Waals surface area (Å²) in [5.74, 6) is -0.192. The molecule has 0 spiro atoms. The average Bonchev–Trinajstić information content (AvgIpc) is 2.80. The highest BCUT2D eigenvalue weighted by Crippen LogP contribution is 2.27. The minimum Gasteiger partial charge on any atom is -0.445 e. The first-order chi connectivity index (χ1) is 15.8. The molecule has 1 aromatic rings. The van der Waals surface area contributed by atoms with Gasteiger partial charge < -0.3 is 30.4 Å². The van der Waals surface area contributed by atoms with E-state index in [0.29, 0.717) is 23.6 Å². The molecule has 0 saturated heterocycles. The monoisotopic (exact) mass is 480 g/mol. The second kappa shape index (κ2) is 13.7. The number of hydrogen-bond donors (Lipinski definition) is 3. The maximum Gasteiger partial charge on any atom is 0.408 e. The molecule has 4 amide bonds. The van der Waals surface area contributed by atoms with Crippen molar-refractivity contribution in [1.29, 1.82) is 0 Å². The topological polar surface area (TPSA) is 117 Å². The van der Waals surface area contributed by atoms with E-state index >= 15 is 0 Å². The van der Waals surface area contributed by atoms with Crippen LogP contribution in [0.25, 0.3) is 0 Å². The molecule has 1 aliphatic rings. The summed E-state index contributed by atoms with van der Waals surface area (Å²) in [6.07, 6.45) is 5.60. The van der Waals surface area contributed by atoms with Crippen molar-refractivity contribution < 1.29 is 23.9 Å². The minimum absolute atomic E-state index is 0.0116. The Morgan fingerprint density at radius 3 is 2.55 bits per heavy atom. The van der Waals surface area contributed by atoms with Gasteiger partial charge in [-0.1, -0.05) is 55.8 Å². The Kier molecular flexibility index (Phi) is 11.0. The van der Waals surface area contributed by atoms with Gasteiger partial charge in [0.15, 0.2) is 0 Å². The number of rotatable bonds is 10. The Balaban J connectivity index is 1.97. The smallest absolute Gasteiger partial charge is 0.408 e. The van der Waals surface area contributed by atoms with E-state index in [1.807, 2.05) is 0 Å². The van der Waals surface area contributed by atoms with E-state index in [1.165, 1.54) is 11.3 Å². The van der Waals surface area contributed by atoms with E-state index in [-0.39, 0.29) is 19.2 Å². The van der Waals surface area contributed by atoms with Gasteiger partial charge in [0.1, 0.15) is 25.0 Å². The van der Waals surface area contributed by atoms with Crippen LogP contribution in [0.3, 0.4) is 0 Å². The first kappa shape index (κ1) is 26.4. The van der Waals surface area contributed by atoms with Crippen molar-refractivity contribution in [2.24, 2.45) is 5.92 Å². The fourth-order valence-electron chi connectivity index (χ4n) is 3.72. The Morgan fingerprint density at radius 2 is 1.91 bits per heavy atom. The third kappa shape index (κ3) is 9.69. The van der Waals surface area contributed by atoms with Crippen molar-refractivity contribution in [3.63, 3.8) is 0 Å². The maximum absolute atomic E-state index is 12.9. The number of aldehydes is 1. The molecule has 1 fully saturated rings. The van der Waals surface area contributed by atoms with E-state index in [9.17, 15) is 19.2 Å². The van der Waals surface area contributed by atoms with Crippen LogP contribution >= 0.6 is 11.6 Å². The van der Waals surface area contributed by atoms with Gasteiger partial charge in [-0.3, -0.25) is 4.79 Å². The normalized spacial score (nSPS) is 15.6. The third-order valence-electron chi connectivity index (χ3n) is 5.53. The van der Waals surface area contributed by atoms with Crippen LogP contribution in [0.5, 0.6) is 0 Å². The summed E-state index contributed by atoms with van der Waals surface area (Å²) in [7, 11) is 3.14. The van der Waals surface area contributed by atoms with Gasteiger partial charge in [-0.15, -0.1) is 0 Å². The number of amides is 4. The predicted octanol–water partition coefficient (Wildman–Crippen LogP) is 2.86. The van der Waals surface area contributed by atoms with E-state index in [1.54, 1.807) is 38.4 Å². The summed E-state index contributed by atoms with van der Waals surface area (Å²) in [6.45, 7) is -0.0424. The van der Waals surface area contributed by atoms with Crippen molar-refractivity contribution in [2.45, 2.75) is 57.2 Å². The van der Waals surface area contributed by atoms with Gasteiger partial charge in [-0.05, 0) is 30.0 Å². The zero-order valence-electron chi connectivity index (χ0n) is 19.1. The maximum atomic E-state index is 12.9. The number of nitrogens with zero attached hydrogens (tertiary/aromatic N) is 1. The van der Waals surface area contributed by atoms with Crippen LogP contribution < -0.4 is 16.0 Å². The summed E-state index contributed by atoms with van der Waals surface area (Å²) in [5, 5.41) is 8.35. The van der Waals surface area contributed by atoms with E-state index in [2.05, 4.69) is 16.0 Å². The molecule has 0 radical (unpaired) electrons. The fourth-order valence-corrected chi connectivity index (χ4v) is 3.93. The molecule has 10 heteroatoms. The Bertz CT molecular complexity index is 814. The molecular weight excluding hydrogens is 448 g/mol. The van der Waals surface area contributed by atoms with Crippen molar-refractivity contribution in [3.8, 4) is 0 Å². The van der Waals surface area contributed by atoms with E-state index in [4.69, 9.17) is 16.3 Å². The van der Waals surface area contributed by atoms with Gasteiger partial charge in [-0.2, -0.15) is 0 Å². The molecule has 2 rings (SSSR count). The number of benzene rings is 1. The van der Waals surface area contributed by atoms with Gasteiger partial charge in [0.05, 0.1) is 0 Å². The molecule has 1 saturated carbocycles. The summed E-state index contributed by atoms with van der Waals surface area (Å²) in [5.41, 5.74) is 0.726. The highest BCUT2D eigenvalue weighted by Gasteiger charge is 2.28. The highest BCUT2D eigenvalue weighted by molar-refractivity contribution is 6.30. The standard InChI is InChI=1S/C23H33ClN4O5/c1-28(2)22(31)25-13-19(14-29)26-21(30)20(12-16-7-4-3-5-8-16)27-23(32)33-15-17-9-6-10-18(24)11-17/h6,9-11,14,16,19-20H,3-5,7-8,12-13,15H2,1-2H3,(H,25,31)(H,26,30)(H,27,32)/t19?,20-/m0/s1. The predicted molar refractivity (Wildman–Crippen MR) is 125 cm³/mol. The number of nitrogens with one attached hydrogen (secondary N) is 3. The lowest BCUT2D eigenvalue weighted by Crippen LogP contribution is -2.53. The van der Waals surface area contributed by atoms with E-state index in [0.717, 1.165) is 31.2 Å². The lowest BCUT2D eigenvalue weighted by Gasteiger charge is -2.27. The molecule has 0 aliphatic heterocycles. The lowest BCUT2D eigenvalue weighted by atomic mass is 9.84. The quantitative estimate of drug-likeness (QED) is 0.445. The van der Waals surface area contributed by atoms with Crippen LogP contribution in [0, 0.1) is 5.92 Å². The van der Waals surface area contributed by atoms with Crippen LogP contribution in [0.4, 0.5) is 9.59 Å². The zero-order chi connectivity index (χ0) is 24.2. The number of ether oxygens (including phenoxy) is 1. The molecule has 2 atom stereocenters. The van der Waals surface area contributed by atoms with Gasteiger partial charge in [0.2, 0.25) is 5.91 Å². The Morgan fingerprint density at radius 1 is 1.18 bits per heavy atom. The van der Waals surface area contributed by atoms with Gasteiger partial charge in [0.25, 0.3) is 0 Å². The molecule has 1 aromatic carbocycles. The van der Waals surface area contributed by atoms with Crippen molar-refractivity contribution in [1.82, 2.24) is 20.9 Å². The van der Waals surface area contributed by atoms with Gasteiger partial charge in [0, 0.05) is 25.7 Å². The first-order valence-corrected chi connectivity index (χ1v) is 11.5. The number of carbonyl (C=O) groups excluding carboxylic acids is 4. The number of alkyl carbamates (subject to hydrolysis) is 1. The van der Waals surface area contributed by atoms with E-state index < -0.39 is 24.1 Å². The molecular formula is C23H33ClN4O5. The second-order valence-electron chi connectivity index (χ2n) is 8.47. The first-order valence-electron chi connectivity index (χ1n) is 11.2. The van der Waals surface area contributed by atoms with Crippen LogP contribution in [-0.4, -0.2) is 61.9 Å². The van der Waals surface area contributed by atoms with Crippen LogP contribution in [0.1, 0.15) is 44.1 Å². The lowest BCUT2D eigenvalue weighted by molar-refractivity contribution is -0.126. The van der Waals surface area contributed by atoms with Crippen molar-refractivity contribution in [3.05, 3.63) is 34.9 Å². The zero-order valence-corrected chi connectivity index (χ0v) is 19.9. The summed E-state index contributed by atoms with van der Waals surface area (Å²) < 4.78 is 5.27. The van der Waals surface area contributed by atoms with Crippen molar-refractivity contribution in [2.75, 3.05) is 20.6 Å². The highest BCUT2D eigenvalue weighted by atomic mass is 35.5. The Hall–Kier alpha value is -2.81.